The molecule has 0 saturated heterocycles. The Morgan fingerprint density at radius 1 is 1.17 bits per heavy atom. The fraction of sp³-hybridized carbons (Fsp3) is 0.200. The average molecular weight is 318 g/mol. The molecular weight excluding hydrogens is 296 g/mol. The predicted octanol–water partition coefficient (Wildman–Crippen LogP) is 3.92. The van der Waals surface area contributed by atoms with Gasteiger partial charge in [-0.1, -0.05) is 54.6 Å². The zero-order valence-electron chi connectivity index (χ0n) is 13.8. The molecule has 0 amide bonds. The Hall–Kier alpha value is -2.88. The minimum Gasteiger partial charge on any atom is -0.385 e. The van der Waals surface area contributed by atoms with Crippen molar-refractivity contribution in [3.8, 4) is 0 Å². The van der Waals surface area contributed by atoms with Crippen molar-refractivity contribution in [1.29, 1.82) is 0 Å². The van der Waals surface area contributed by atoms with Gasteiger partial charge in [-0.05, 0) is 30.7 Å². The minimum absolute atomic E-state index is 0.317. The number of benzene rings is 1. The molecule has 1 aromatic heterocycles. The summed E-state index contributed by atoms with van der Waals surface area (Å²) in [6, 6.07) is 10.5. The standard InChI is InChI=1S/C20H22N4/c1-2-11-21-19-10-6-9-17(12-19)18-14-23-20(24-15-18)22-13-16-7-4-3-5-8-16/h2-9,11-12,14-15,19,21H,10,13H2,1H3,(H,22,23,24)/b11-2-/t19-/m0/s1. The highest BCUT2D eigenvalue weighted by Crippen LogP contribution is 2.21. The van der Waals surface area contributed by atoms with Crippen LogP contribution in [0.5, 0.6) is 0 Å². The number of anilines is 1. The number of rotatable bonds is 6. The van der Waals surface area contributed by atoms with Crippen LogP contribution in [0.4, 0.5) is 5.95 Å². The smallest absolute Gasteiger partial charge is 0.222 e. The molecule has 1 aromatic carbocycles. The highest BCUT2D eigenvalue weighted by atomic mass is 15.1. The Bertz CT molecular complexity index is 730. The monoisotopic (exact) mass is 318 g/mol. The molecule has 4 heteroatoms. The van der Waals surface area contributed by atoms with Gasteiger partial charge in [0.2, 0.25) is 5.95 Å². The molecule has 1 aliphatic carbocycles. The molecule has 0 bridgehead atoms. The predicted molar refractivity (Wildman–Crippen MR) is 99.3 cm³/mol. The number of aromatic nitrogens is 2. The third-order valence-corrected chi connectivity index (χ3v) is 3.82. The second-order valence-corrected chi connectivity index (χ2v) is 5.67. The quantitative estimate of drug-likeness (QED) is 0.847. The van der Waals surface area contributed by atoms with Gasteiger partial charge < -0.3 is 10.6 Å². The van der Waals surface area contributed by atoms with Crippen molar-refractivity contribution in [3.05, 3.63) is 84.4 Å². The molecule has 0 fully saturated rings. The lowest BCUT2D eigenvalue weighted by molar-refractivity contribution is 0.706. The zero-order valence-corrected chi connectivity index (χ0v) is 13.8. The first-order chi connectivity index (χ1) is 11.8. The molecule has 0 unspecified atom stereocenters. The van der Waals surface area contributed by atoms with E-state index < -0.39 is 0 Å². The third kappa shape index (κ3) is 4.32. The van der Waals surface area contributed by atoms with Crippen LogP contribution in [0.1, 0.15) is 24.5 Å². The van der Waals surface area contributed by atoms with Crippen LogP contribution in [0.15, 0.2) is 73.2 Å². The van der Waals surface area contributed by atoms with Gasteiger partial charge in [0.1, 0.15) is 0 Å². The van der Waals surface area contributed by atoms with Gasteiger partial charge in [-0.25, -0.2) is 9.97 Å². The van der Waals surface area contributed by atoms with E-state index in [1.54, 1.807) is 0 Å². The second-order valence-electron chi connectivity index (χ2n) is 5.67. The fourth-order valence-electron chi connectivity index (χ4n) is 2.56. The van der Waals surface area contributed by atoms with Crippen molar-refractivity contribution in [2.75, 3.05) is 5.32 Å². The first kappa shape index (κ1) is 16.0. The summed E-state index contributed by atoms with van der Waals surface area (Å²) in [5, 5.41) is 6.61. The SMILES string of the molecule is C/C=C\N[C@@H]1C=C(c2cnc(NCc3ccccc3)nc2)C=CC1. The Morgan fingerprint density at radius 2 is 1.96 bits per heavy atom. The third-order valence-electron chi connectivity index (χ3n) is 3.82. The zero-order chi connectivity index (χ0) is 16.6. The van der Waals surface area contributed by atoms with Crippen LogP contribution >= 0.6 is 0 Å². The maximum atomic E-state index is 4.42. The molecule has 0 aliphatic heterocycles. The Labute approximate surface area is 143 Å². The van der Waals surface area contributed by atoms with Crippen molar-refractivity contribution < 1.29 is 0 Å². The van der Waals surface area contributed by atoms with E-state index in [1.807, 2.05) is 49.8 Å². The number of hydrogen-bond donors (Lipinski definition) is 2. The largest absolute Gasteiger partial charge is 0.385 e. The van der Waals surface area contributed by atoms with Crippen molar-refractivity contribution in [1.82, 2.24) is 15.3 Å². The molecular formula is C20H22N4. The van der Waals surface area contributed by atoms with Crippen molar-refractivity contribution >= 4 is 11.5 Å². The lowest BCUT2D eigenvalue weighted by Crippen LogP contribution is -2.22. The second kappa shape index (κ2) is 8.11. The van der Waals surface area contributed by atoms with Gasteiger partial charge in [-0.15, -0.1) is 0 Å². The van der Waals surface area contributed by atoms with Crippen LogP contribution < -0.4 is 10.6 Å². The van der Waals surface area contributed by atoms with Crippen molar-refractivity contribution in [2.24, 2.45) is 0 Å². The van der Waals surface area contributed by atoms with Gasteiger partial charge in [0.25, 0.3) is 0 Å². The molecule has 3 rings (SSSR count). The Kier molecular flexibility index (Phi) is 5.40. The van der Waals surface area contributed by atoms with E-state index in [4.69, 9.17) is 0 Å². The van der Waals surface area contributed by atoms with Crippen LogP contribution in [-0.2, 0) is 6.54 Å². The first-order valence-electron chi connectivity index (χ1n) is 8.21. The number of allylic oxidation sites excluding steroid dienone is 3. The van der Waals surface area contributed by atoms with Crippen LogP contribution in [0.3, 0.4) is 0 Å². The van der Waals surface area contributed by atoms with E-state index >= 15 is 0 Å². The van der Waals surface area contributed by atoms with E-state index in [0.717, 1.165) is 24.1 Å². The molecule has 2 aromatic rings. The van der Waals surface area contributed by atoms with E-state index in [2.05, 4.69) is 51.0 Å². The maximum Gasteiger partial charge on any atom is 0.222 e. The van der Waals surface area contributed by atoms with E-state index in [1.165, 1.54) is 5.56 Å². The molecule has 2 N–H and O–H groups in total. The molecule has 4 nitrogen and oxygen atoms in total. The molecule has 24 heavy (non-hydrogen) atoms. The van der Waals surface area contributed by atoms with Crippen molar-refractivity contribution in [2.45, 2.75) is 25.9 Å². The summed E-state index contributed by atoms with van der Waals surface area (Å²) in [5.41, 5.74) is 3.39. The molecule has 1 heterocycles. The fourth-order valence-corrected chi connectivity index (χ4v) is 2.56. The van der Waals surface area contributed by atoms with Gasteiger partial charge in [0.15, 0.2) is 0 Å². The maximum absolute atomic E-state index is 4.42. The Morgan fingerprint density at radius 3 is 2.71 bits per heavy atom. The molecule has 0 spiro atoms. The summed E-state index contributed by atoms with van der Waals surface area (Å²) in [4.78, 5) is 8.85. The minimum atomic E-state index is 0.317. The lowest BCUT2D eigenvalue weighted by atomic mass is 9.99. The van der Waals surface area contributed by atoms with E-state index in [9.17, 15) is 0 Å². The van der Waals surface area contributed by atoms with Crippen LogP contribution in [0.25, 0.3) is 5.57 Å². The first-order valence-corrected chi connectivity index (χ1v) is 8.21. The summed E-state index contributed by atoms with van der Waals surface area (Å²) in [6.45, 7) is 2.73. The summed E-state index contributed by atoms with van der Waals surface area (Å²) in [7, 11) is 0. The summed E-state index contributed by atoms with van der Waals surface area (Å²) < 4.78 is 0. The van der Waals surface area contributed by atoms with Gasteiger partial charge >= 0.3 is 0 Å². The van der Waals surface area contributed by atoms with Gasteiger partial charge in [-0.3, -0.25) is 0 Å². The summed E-state index contributed by atoms with van der Waals surface area (Å²) >= 11 is 0. The van der Waals surface area contributed by atoms with Crippen LogP contribution in [0, 0.1) is 0 Å². The highest BCUT2D eigenvalue weighted by Gasteiger charge is 2.09. The summed E-state index contributed by atoms with van der Waals surface area (Å²) in [6.07, 6.45) is 15.2. The van der Waals surface area contributed by atoms with E-state index in [-0.39, 0.29) is 0 Å². The molecule has 0 saturated carbocycles. The van der Waals surface area contributed by atoms with Gasteiger partial charge in [0.05, 0.1) is 0 Å². The normalized spacial score (nSPS) is 16.9. The molecule has 1 atom stereocenters. The molecule has 122 valence electrons. The summed E-state index contributed by atoms with van der Waals surface area (Å²) in [5.74, 6) is 0.645. The van der Waals surface area contributed by atoms with E-state index in [0.29, 0.717) is 12.0 Å². The van der Waals surface area contributed by atoms with Gasteiger partial charge in [0, 0.05) is 30.5 Å². The average Bonchev–Trinajstić information content (AvgIpc) is 2.66. The highest BCUT2D eigenvalue weighted by molar-refractivity contribution is 5.74. The number of nitrogens with one attached hydrogen (secondary N) is 2. The molecule has 1 aliphatic rings. The van der Waals surface area contributed by atoms with Crippen molar-refractivity contribution in [3.63, 3.8) is 0 Å². The molecule has 0 radical (unpaired) electrons. The Balaban J connectivity index is 1.63. The van der Waals surface area contributed by atoms with Gasteiger partial charge in [-0.2, -0.15) is 0 Å². The topological polar surface area (TPSA) is 49.8 Å². The lowest BCUT2D eigenvalue weighted by Gasteiger charge is -2.17. The van der Waals surface area contributed by atoms with Crippen LogP contribution in [0.2, 0.25) is 0 Å². The number of hydrogen-bond acceptors (Lipinski definition) is 4. The number of nitrogens with zero attached hydrogens (tertiary/aromatic N) is 2. The van der Waals surface area contributed by atoms with Crippen LogP contribution in [-0.4, -0.2) is 16.0 Å².